The Balaban J connectivity index is 1.88. The fraction of sp³-hybridized carbons (Fsp3) is 0.357. The van der Waals surface area contributed by atoms with Gasteiger partial charge in [0.1, 0.15) is 0 Å². The van der Waals surface area contributed by atoms with E-state index in [4.69, 9.17) is 0 Å². The molecule has 18 heavy (non-hydrogen) atoms. The maximum Gasteiger partial charge on any atom is 0.261 e. The van der Waals surface area contributed by atoms with E-state index in [9.17, 15) is 4.79 Å². The molecule has 1 aromatic carbocycles. The summed E-state index contributed by atoms with van der Waals surface area (Å²) in [5, 5.41) is 7.32. The first kappa shape index (κ1) is 13.1. The minimum atomic E-state index is 0.0349. The normalized spacial score (nSPS) is 10.7. The molecule has 0 fully saturated rings. The number of carbonyl (C=O) groups is 1. The summed E-state index contributed by atoms with van der Waals surface area (Å²) in [6.45, 7) is 4.73. The first-order valence-corrected chi connectivity index (χ1v) is 7.10. The number of fused-ring (bicyclic) bond motifs is 1. The van der Waals surface area contributed by atoms with E-state index in [1.54, 1.807) is 11.3 Å². The van der Waals surface area contributed by atoms with Crippen LogP contribution in [0.2, 0.25) is 0 Å². The number of benzene rings is 1. The lowest BCUT2D eigenvalue weighted by atomic mass is 10.2. The molecular weight excluding hydrogens is 244 g/mol. The number of hydrogen-bond acceptors (Lipinski definition) is 3. The maximum atomic E-state index is 11.9. The Hall–Kier alpha value is -1.39. The van der Waals surface area contributed by atoms with Gasteiger partial charge in [-0.3, -0.25) is 4.79 Å². The topological polar surface area (TPSA) is 41.1 Å². The SMILES string of the molecule is CCNCCCNC(=O)c1cc2ccccc2s1. The number of thiophene rings is 1. The fourth-order valence-electron chi connectivity index (χ4n) is 1.77. The predicted octanol–water partition coefficient (Wildman–Crippen LogP) is 2.63. The monoisotopic (exact) mass is 262 g/mol. The Labute approximate surface area is 111 Å². The lowest BCUT2D eigenvalue weighted by molar-refractivity contribution is 0.0957. The lowest BCUT2D eigenvalue weighted by Gasteiger charge is -2.03. The van der Waals surface area contributed by atoms with Crippen molar-refractivity contribution in [3.8, 4) is 0 Å². The van der Waals surface area contributed by atoms with Crippen LogP contribution in [0.1, 0.15) is 23.0 Å². The van der Waals surface area contributed by atoms with Crippen LogP contribution in [0.25, 0.3) is 10.1 Å². The van der Waals surface area contributed by atoms with Crippen molar-refractivity contribution in [2.24, 2.45) is 0 Å². The summed E-state index contributed by atoms with van der Waals surface area (Å²) in [6.07, 6.45) is 0.963. The summed E-state index contributed by atoms with van der Waals surface area (Å²) < 4.78 is 1.16. The molecule has 96 valence electrons. The molecule has 2 rings (SSSR count). The van der Waals surface area contributed by atoms with E-state index >= 15 is 0 Å². The highest BCUT2D eigenvalue weighted by atomic mass is 32.1. The van der Waals surface area contributed by atoms with Crippen molar-refractivity contribution in [1.82, 2.24) is 10.6 Å². The van der Waals surface area contributed by atoms with E-state index in [0.717, 1.165) is 41.0 Å². The van der Waals surface area contributed by atoms with Crippen molar-refractivity contribution in [3.63, 3.8) is 0 Å². The van der Waals surface area contributed by atoms with Crippen molar-refractivity contribution >= 4 is 27.3 Å². The second-order valence-electron chi connectivity index (χ2n) is 4.11. The van der Waals surface area contributed by atoms with Crippen LogP contribution in [0.15, 0.2) is 30.3 Å². The molecule has 2 N–H and O–H groups in total. The second kappa shape index (κ2) is 6.52. The van der Waals surface area contributed by atoms with Gasteiger partial charge in [-0.15, -0.1) is 11.3 Å². The number of hydrogen-bond donors (Lipinski definition) is 2. The van der Waals surface area contributed by atoms with Gasteiger partial charge in [0.2, 0.25) is 0 Å². The minimum absolute atomic E-state index is 0.0349. The molecule has 4 heteroatoms. The molecule has 2 aromatic rings. The van der Waals surface area contributed by atoms with Crippen molar-refractivity contribution in [2.45, 2.75) is 13.3 Å². The van der Waals surface area contributed by atoms with Crippen LogP contribution in [0.5, 0.6) is 0 Å². The zero-order valence-corrected chi connectivity index (χ0v) is 11.3. The van der Waals surface area contributed by atoms with Gasteiger partial charge in [-0.05, 0) is 37.0 Å². The standard InChI is InChI=1S/C14H18N2OS/c1-2-15-8-5-9-16-14(17)13-10-11-6-3-4-7-12(11)18-13/h3-4,6-7,10,15H,2,5,8-9H2,1H3,(H,16,17). The van der Waals surface area contributed by atoms with Gasteiger partial charge in [0.15, 0.2) is 0 Å². The number of rotatable bonds is 6. The Morgan fingerprint density at radius 1 is 1.28 bits per heavy atom. The summed E-state index contributed by atoms with van der Waals surface area (Å²) in [5.41, 5.74) is 0. The molecule has 0 bridgehead atoms. The van der Waals surface area contributed by atoms with Gasteiger partial charge in [0.25, 0.3) is 5.91 Å². The van der Waals surface area contributed by atoms with E-state index in [-0.39, 0.29) is 5.91 Å². The zero-order chi connectivity index (χ0) is 12.8. The molecule has 3 nitrogen and oxygen atoms in total. The first-order chi connectivity index (χ1) is 8.81. The summed E-state index contributed by atoms with van der Waals surface area (Å²) in [7, 11) is 0. The smallest absolute Gasteiger partial charge is 0.261 e. The molecule has 0 atom stereocenters. The molecule has 0 unspecified atom stereocenters. The largest absolute Gasteiger partial charge is 0.351 e. The summed E-state index contributed by atoms with van der Waals surface area (Å²) in [6, 6.07) is 10.0. The summed E-state index contributed by atoms with van der Waals surface area (Å²) in [4.78, 5) is 12.7. The average Bonchev–Trinajstić information content (AvgIpc) is 2.82. The molecule has 1 heterocycles. The van der Waals surface area contributed by atoms with Crippen molar-refractivity contribution in [2.75, 3.05) is 19.6 Å². The zero-order valence-electron chi connectivity index (χ0n) is 10.5. The van der Waals surface area contributed by atoms with Crippen LogP contribution in [0, 0.1) is 0 Å². The van der Waals surface area contributed by atoms with Crippen LogP contribution in [0.3, 0.4) is 0 Å². The molecule has 0 saturated heterocycles. The number of nitrogens with one attached hydrogen (secondary N) is 2. The van der Waals surface area contributed by atoms with Crippen LogP contribution in [-0.4, -0.2) is 25.5 Å². The van der Waals surface area contributed by atoms with Crippen LogP contribution in [0.4, 0.5) is 0 Å². The van der Waals surface area contributed by atoms with Gasteiger partial charge in [-0.25, -0.2) is 0 Å². The second-order valence-corrected chi connectivity index (χ2v) is 5.20. The van der Waals surface area contributed by atoms with Crippen molar-refractivity contribution < 1.29 is 4.79 Å². The van der Waals surface area contributed by atoms with E-state index in [0.29, 0.717) is 0 Å². The minimum Gasteiger partial charge on any atom is -0.351 e. The van der Waals surface area contributed by atoms with E-state index in [1.165, 1.54) is 0 Å². The van der Waals surface area contributed by atoms with Gasteiger partial charge in [0, 0.05) is 11.2 Å². The van der Waals surface area contributed by atoms with Crippen LogP contribution >= 0.6 is 11.3 Å². The molecule has 0 aliphatic heterocycles. The fourth-order valence-corrected chi connectivity index (χ4v) is 2.75. The maximum absolute atomic E-state index is 11.9. The third kappa shape index (κ3) is 3.31. The molecule has 1 amide bonds. The molecule has 0 spiro atoms. The Kier molecular flexibility index (Phi) is 4.73. The third-order valence-corrected chi connectivity index (χ3v) is 3.83. The molecular formula is C14H18N2OS. The molecule has 0 aliphatic carbocycles. The van der Waals surface area contributed by atoms with Gasteiger partial charge in [-0.1, -0.05) is 25.1 Å². The first-order valence-electron chi connectivity index (χ1n) is 6.28. The van der Waals surface area contributed by atoms with Crippen LogP contribution in [-0.2, 0) is 0 Å². The van der Waals surface area contributed by atoms with Crippen LogP contribution < -0.4 is 10.6 Å². The van der Waals surface area contributed by atoms with E-state index in [2.05, 4.69) is 17.6 Å². The number of carbonyl (C=O) groups excluding carboxylic acids is 1. The Morgan fingerprint density at radius 2 is 2.11 bits per heavy atom. The Bertz CT molecular complexity index is 488. The molecule has 1 aromatic heterocycles. The highest BCUT2D eigenvalue weighted by Gasteiger charge is 2.08. The third-order valence-electron chi connectivity index (χ3n) is 2.72. The van der Waals surface area contributed by atoms with Gasteiger partial charge in [-0.2, -0.15) is 0 Å². The number of amides is 1. The summed E-state index contributed by atoms with van der Waals surface area (Å²) in [5.74, 6) is 0.0349. The van der Waals surface area contributed by atoms with E-state index < -0.39 is 0 Å². The highest BCUT2D eigenvalue weighted by Crippen LogP contribution is 2.24. The Morgan fingerprint density at radius 3 is 2.89 bits per heavy atom. The predicted molar refractivity (Wildman–Crippen MR) is 77.3 cm³/mol. The molecule has 0 aliphatic rings. The summed E-state index contributed by atoms with van der Waals surface area (Å²) >= 11 is 1.55. The van der Waals surface area contributed by atoms with Gasteiger partial charge >= 0.3 is 0 Å². The molecule has 0 radical (unpaired) electrons. The quantitative estimate of drug-likeness (QED) is 0.786. The van der Waals surface area contributed by atoms with E-state index in [1.807, 2.05) is 30.3 Å². The lowest BCUT2D eigenvalue weighted by Crippen LogP contribution is -2.26. The average molecular weight is 262 g/mol. The molecule has 0 saturated carbocycles. The van der Waals surface area contributed by atoms with Gasteiger partial charge < -0.3 is 10.6 Å². The van der Waals surface area contributed by atoms with Gasteiger partial charge in [0.05, 0.1) is 4.88 Å². The van der Waals surface area contributed by atoms with Crippen molar-refractivity contribution in [3.05, 3.63) is 35.2 Å². The van der Waals surface area contributed by atoms with Crippen molar-refractivity contribution in [1.29, 1.82) is 0 Å². The highest BCUT2D eigenvalue weighted by molar-refractivity contribution is 7.20.